The lowest BCUT2D eigenvalue weighted by Crippen LogP contribution is -2.36. The second-order valence-electron chi connectivity index (χ2n) is 6.90. The van der Waals surface area contributed by atoms with Crippen molar-refractivity contribution in [1.29, 1.82) is 0 Å². The molecular formula is C18H24F3N6O3+. The summed E-state index contributed by atoms with van der Waals surface area (Å²) in [5.41, 5.74) is 7.17. The Hall–Kier alpha value is -2.99. The molecule has 1 aromatic carbocycles. The van der Waals surface area contributed by atoms with E-state index in [2.05, 4.69) is 9.97 Å². The first kappa shape index (κ1) is 21.7. The van der Waals surface area contributed by atoms with Crippen molar-refractivity contribution in [2.24, 2.45) is 5.84 Å². The monoisotopic (exact) mass is 429 g/mol. The zero-order chi connectivity index (χ0) is 21.9. The van der Waals surface area contributed by atoms with E-state index in [9.17, 15) is 18.3 Å². The molecule has 1 aliphatic heterocycles. The minimum Gasteiger partial charge on any atom is -0.497 e. The minimum absolute atomic E-state index is 0.0538. The van der Waals surface area contributed by atoms with E-state index in [0.29, 0.717) is 24.5 Å². The van der Waals surface area contributed by atoms with Gasteiger partial charge in [-0.25, -0.2) is 10.8 Å². The number of aliphatic hydroxyl groups excluding tert-OH is 1. The van der Waals surface area contributed by atoms with E-state index >= 15 is 0 Å². The van der Waals surface area contributed by atoms with Gasteiger partial charge >= 0.3 is 12.2 Å². The molecule has 0 amide bonds. The molecule has 0 spiro atoms. The van der Waals surface area contributed by atoms with Gasteiger partial charge in [0.1, 0.15) is 5.75 Å². The number of benzene rings is 1. The Morgan fingerprint density at radius 1 is 1.33 bits per heavy atom. The van der Waals surface area contributed by atoms with Crippen molar-refractivity contribution in [2.45, 2.75) is 25.2 Å². The van der Waals surface area contributed by atoms with Crippen molar-refractivity contribution < 1.29 is 32.7 Å². The summed E-state index contributed by atoms with van der Waals surface area (Å²) in [7, 11) is 1.55. The Balaban J connectivity index is 1.89. The van der Waals surface area contributed by atoms with Crippen LogP contribution in [0.1, 0.15) is 12.0 Å². The van der Waals surface area contributed by atoms with Crippen LogP contribution in [0.15, 0.2) is 24.3 Å². The van der Waals surface area contributed by atoms with Crippen molar-refractivity contribution in [1.82, 2.24) is 4.98 Å². The highest BCUT2D eigenvalue weighted by Crippen LogP contribution is 2.31. The van der Waals surface area contributed by atoms with Crippen LogP contribution in [0.2, 0.25) is 0 Å². The van der Waals surface area contributed by atoms with Crippen LogP contribution >= 0.6 is 0 Å². The van der Waals surface area contributed by atoms with Crippen LogP contribution in [0, 0.1) is 0 Å². The molecule has 6 N–H and O–H groups in total. The summed E-state index contributed by atoms with van der Waals surface area (Å²) < 4.78 is 47.7. The molecule has 0 unspecified atom stereocenters. The number of aromatic nitrogens is 2. The summed E-state index contributed by atoms with van der Waals surface area (Å²) in [5.74, 6) is 7.16. The van der Waals surface area contributed by atoms with Crippen molar-refractivity contribution in [3.63, 3.8) is 0 Å². The van der Waals surface area contributed by atoms with E-state index in [1.807, 2.05) is 0 Å². The molecule has 3 rings (SSSR count). The normalized spacial score (nSPS) is 16.6. The highest BCUT2D eigenvalue weighted by molar-refractivity contribution is 5.74. The molecule has 0 radical (unpaired) electrons. The molecule has 1 aromatic heterocycles. The third kappa shape index (κ3) is 5.33. The quantitative estimate of drug-likeness (QED) is 0.438. The molecular weight excluding hydrogens is 405 g/mol. The first-order valence-electron chi connectivity index (χ1n) is 9.17. The summed E-state index contributed by atoms with van der Waals surface area (Å²) in [5, 5.41) is 11.0. The number of aromatic amines is 1. The van der Waals surface area contributed by atoms with E-state index < -0.39 is 18.9 Å². The molecule has 164 valence electrons. The molecule has 1 aliphatic rings. The lowest BCUT2D eigenvalue weighted by atomic mass is 10.2. The van der Waals surface area contributed by atoms with Crippen molar-refractivity contribution in [3.8, 4) is 11.8 Å². The maximum Gasteiger partial charge on any atom is 0.434 e. The Labute approximate surface area is 171 Å². The van der Waals surface area contributed by atoms with E-state index in [4.69, 9.17) is 21.1 Å². The predicted molar refractivity (Wildman–Crippen MR) is 103 cm³/mol. The van der Waals surface area contributed by atoms with Gasteiger partial charge in [0.25, 0.3) is 11.6 Å². The zero-order valence-corrected chi connectivity index (χ0v) is 16.3. The number of alkyl halides is 3. The van der Waals surface area contributed by atoms with Gasteiger partial charge in [0.15, 0.2) is 12.3 Å². The number of β-amino-alcohol motifs (C(OH)–C–C–N with tert-alkyl or cyclic N) is 1. The molecule has 2 heterocycles. The smallest absolute Gasteiger partial charge is 0.434 e. The minimum atomic E-state index is -4.54. The van der Waals surface area contributed by atoms with Crippen molar-refractivity contribution >= 4 is 17.3 Å². The Bertz CT molecular complexity index is 865. The third-order valence-electron chi connectivity index (χ3n) is 4.56. The maximum absolute atomic E-state index is 12.6. The number of methoxy groups -OCH3 is 1. The fraction of sp³-hybridized carbons (Fsp3) is 0.444. The third-order valence-corrected chi connectivity index (χ3v) is 4.56. The number of ether oxygens (including phenoxy) is 2. The van der Waals surface area contributed by atoms with Crippen LogP contribution in [0.3, 0.4) is 0 Å². The number of hydrazine groups is 1. The molecule has 1 saturated heterocycles. The second kappa shape index (κ2) is 8.79. The summed E-state index contributed by atoms with van der Waals surface area (Å²) in [4.78, 5) is 8.44. The van der Waals surface area contributed by atoms with Crippen LogP contribution in [0.4, 0.5) is 30.5 Å². The molecule has 9 nitrogen and oxygen atoms in total. The van der Waals surface area contributed by atoms with E-state index in [1.54, 1.807) is 36.3 Å². The predicted octanol–water partition coefficient (Wildman–Crippen LogP) is 0.879. The van der Waals surface area contributed by atoms with Gasteiger partial charge in [0, 0.05) is 6.42 Å². The van der Waals surface area contributed by atoms with Gasteiger partial charge in [-0.3, -0.25) is 9.91 Å². The number of halogens is 3. The standard InChI is InChI=1S/C18H23F3N6O3/c1-29-13-4-2-11(3-5-13)8-27(23)16-14(22)15(26-7-6-12(28)9-26)24-17(25-16)30-10-18(19,20)21/h2-5,12,28H,6-10,22-23H2,1H3/p+1/t12-/m0/s1. The van der Waals surface area contributed by atoms with Gasteiger partial charge in [-0.2, -0.15) is 13.2 Å². The molecule has 0 aliphatic carbocycles. The SMILES string of the molecule is COc1ccc(CN(N)c2nc(OCC(F)(F)F)[nH+]c(N3CC[C@H](O)C3)c2N)cc1. The number of rotatable bonds is 7. The number of hydrogen-bond donors (Lipinski definition) is 3. The summed E-state index contributed by atoms with van der Waals surface area (Å²) in [6, 6.07) is 6.73. The number of nitrogen functional groups attached to an aromatic ring is 1. The van der Waals surface area contributed by atoms with Gasteiger partial charge in [0.05, 0.1) is 32.8 Å². The van der Waals surface area contributed by atoms with Crippen LogP contribution in [0.5, 0.6) is 11.8 Å². The topological polar surface area (TPSA) is 124 Å². The van der Waals surface area contributed by atoms with Gasteiger partial charge in [-0.1, -0.05) is 12.1 Å². The Morgan fingerprint density at radius 3 is 2.60 bits per heavy atom. The average Bonchev–Trinajstić information content (AvgIpc) is 3.13. The highest BCUT2D eigenvalue weighted by atomic mass is 19.4. The molecule has 0 bridgehead atoms. The van der Waals surface area contributed by atoms with E-state index in [0.717, 1.165) is 5.56 Å². The average molecular weight is 429 g/mol. The zero-order valence-electron chi connectivity index (χ0n) is 16.3. The number of nitrogens with zero attached hydrogens (tertiary/aromatic N) is 3. The summed E-state index contributed by atoms with van der Waals surface area (Å²) in [6.07, 6.45) is -4.60. The number of anilines is 3. The molecule has 2 aromatic rings. The fourth-order valence-corrected chi connectivity index (χ4v) is 3.09. The van der Waals surface area contributed by atoms with Crippen LogP contribution < -0.4 is 35.9 Å². The Morgan fingerprint density at radius 2 is 2.03 bits per heavy atom. The van der Waals surface area contributed by atoms with E-state index in [1.165, 1.54) is 5.01 Å². The van der Waals surface area contributed by atoms with E-state index in [-0.39, 0.29) is 30.6 Å². The summed E-state index contributed by atoms with van der Waals surface area (Å²) >= 11 is 0. The molecule has 1 atom stereocenters. The number of hydrogen-bond acceptors (Lipinski definition) is 8. The lowest BCUT2D eigenvalue weighted by molar-refractivity contribution is -0.389. The largest absolute Gasteiger partial charge is 0.497 e. The van der Waals surface area contributed by atoms with Crippen molar-refractivity contribution in [2.75, 3.05) is 42.4 Å². The van der Waals surface area contributed by atoms with Crippen LogP contribution in [0.25, 0.3) is 0 Å². The number of H-pyrrole nitrogens is 1. The van der Waals surface area contributed by atoms with Gasteiger partial charge in [0.2, 0.25) is 0 Å². The fourth-order valence-electron chi connectivity index (χ4n) is 3.09. The Kier molecular flexibility index (Phi) is 6.37. The molecule has 12 heteroatoms. The number of aliphatic hydroxyl groups is 1. The van der Waals surface area contributed by atoms with Crippen LogP contribution in [-0.4, -0.2) is 49.2 Å². The lowest BCUT2D eigenvalue weighted by Gasteiger charge is -2.20. The van der Waals surface area contributed by atoms with Gasteiger partial charge < -0.3 is 20.3 Å². The molecule has 30 heavy (non-hydrogen) atoms. The van der Waals surface area contributed by atoms with Gasteiger partial charge in [-0.05, 0) is 22.7 Å². The first-order valence-corrected chi connectivity index (χ1v) is 9.17. The molecule has 0 saturated carbocycles. The van der Waals surface area contributed by atoms with Crippen molar-refractivity contribution in [3.05, 3.63) is 29.8 Å². The summed E-state index contributed by atoms with van der Waals surface area (Å²) in [6.45, 7) is -0.601. The maximum atomic E-state index is 12.6. The second-order valence-corrected chi connectivity index (χ2v) is 6.90. The van der Waals surface area contributed by atoms with Crippen LogP contribution in [-0.2, 0) is 6.54 Å². The molecule has 1 fully saturated rings. The number of nitrogens with two attached hydrogens (primary N) is 2. The highest BCUT2D eigenvalue weighted by Gasteiger charge is 2.34. The first-order chi connectivity index (χ1) is 14.2. The van der Waals surface area contributed by atoms with Gasteiger partial charge in [-0.15, -0.1) is 0 Å². The number of nitrogens with one attached hydrogen (secondary N) is 1.